The van der Waals surface area contributed by atoms with E-state index in [0.717, 1.165) is 0 Å². The van der Waals surface area contributed by atoms with E-state index in [1.807, 2.05) is 20.8 Å². The summed E-state index contributed by atoms with van der Waals surface area (Å²) in [4.78, 5) is 23.4. The molecule has 0 aromatic carbocycles. The monoisotopic (exact) mass is 243 g/mol. The van der Waals surface area contributed by atoms with Crippen molar-refractivity contribution in [2.75, 3.05) is 18.8 Å². The maximum absolute atomic E-state index is 11.7. The van der Waals surface area contributed by atoms with Gasteiger partial charge in [-0.15, -0.1) is 18.2 Å². The SMILES string of the molecule is C#CCN(CC(=O)O)C(=O)CSC(C)(C)C. The Bertz CT molecular complexity index is 301. The molecule has 90 valence electrons. The Morgan fingerprint density at radius 2 is 2.00 bits per heavy atom. The van der Waals surface area contributed by atoms with E-state index in [2.05, 4.69) is 5.92 Å². The molecule has 5 heteroatoms. The van der Waals surface area contributed by atoms with Crippen LogP contribution in [-0.2, 0) is 9.59 Å². The standard InChI is InChI=1S/C11H17NO3S/c1-5-6-12(7-10(14)15)9(13)8-16-11(2,3)4/h1H,6-8H2,2-4H3,(H,14,15). The van der Waals surface area contributed by atoms with Crippen molar-refractivity contribution in [1.82, 2.24) is 4.90 Å². The lowest BCUT2D eigenvalue weighted by Gasteiger charge is -2.21. The molecule has 0 rings (SSSR count). The highest BCUT2D eigenvalue weighted by atomic mass is 32.2. The second-order valence-corrected chi connectivity index (χ2v) is 6.05. The van der Waals surface area contributed by atoms with Crippen LogP contribution in [0.5, 0.6) is 0 Å². The van der Waals surface area contributed by atoms with Crippen molar-refractivity contribution in [1.29, 1.82) is 0 Å². The zero-order chi connectivity index (χ0) is 12.8. The van der Waals surface area contributed by atoms with Gasteiger partial charge in [0.1, 0.15) is 6.54 Å². The van der Waals surface area contributed by atoms with Crippen LogP contribution in [0.25, 0.3) is 0 Å². The second kappa shape index (κ2) is 6.44. The first-order valence-electron chi connectivity index (χ1n) is 4.83. The fourth-order valence-electron chi connectivity index (χ4n) is 0.875. The van der Waals surface area contributed by atoms with Crippen molar-refractivity contribution in [2.24, 2.45) is 0 Å². The minimum absolute atomic E-state index is 0.0271. The Labute approximate surface area is 100 Å². The third kappa shape index (κ3) is 7.18. The van der Waals surface area contributed by atoms with Crippen LogP contribution >= 0.6 is 11.8 Å². The van der Waals surface area contributed by atoms with Crippen LogP contribution < -0.4 is 0 Å². The summed E-state index contributed by atoms with van der Waals surface area (Å²) in [6, 6.07) is 0. The van der Waals surface area contributed by atoms with Gasteiger partial charge >= 0.3 is 5.97 Å². The van der Waals surface area contributed by atoms with Gasteiger partial charge in [0.15, 0.2) is 0 Å². The summed E-state index contributed by atoms with van der Waals surface area (Å²) in [5.41, 5.74) is 0. The fraction of sp³-hybridized carbons (Fsp3) is 0.636. The Morgan fingerprint density at radius 1 is 1.44 bits per heavy atom. The zero-order valence-corrected chi connectivity index (χ0v) is 10.6. The lowest BCUT2D eigenvalue weighted by atomic mass is 10.3. The molecule has 0 saturated carbocycles. The van der Waals surface area contributed by atoms with Crippen molar-refractivity contribution in [3.05, 3.63) is 0 Å². The number of carboxylic acids is 1. The van der Waals surface area contributed by atoms with E-state index in [4.69, 9.17) is 11.5 Å². The molecular weight excluding hydrogens is 226 g/mol. The van der Waals surface area contributed by atoms with Crippen molar-refractivity contribution in [3.8, 4) is 12.3 Å². The van der Waals surface area contributed by atoms with E-state index in [1.54, 1.807) is 0 Å². The third-order valence-electron chi connectivity index (χ3n) is 1.59. The predicted octanol–water partition coefficient (Wildman–Crippen LogP) is 1.06. The Kier molecular flexibility index (Phi) is 5.97. The molecule has 0 aromatic rings. The number of rotatable bonds is 5. The summed E-state index contributed by atoms with van der Waals surface area (Å²) in [6.07, 6.45) is 5.08. The van der Waals surface area contributed by atoms with Gasteiger partial charge in [-0.05, 0) is 0 Å². The van der Waals surface area contributed by atoms with Crippen LogP contribution in [0.15, 0.2) is 0 Å². The Morgan fingerprint density at radius 3 is 2.38 bits per heavy atom. The van der Waals surface area contributed by atoms with Crippen molar-refractivity contribution < 1.29 is 14.7 Å². The first-order valence-corrected chi connectivity index (χ1v) is 5.82. The number of carbonyl (C=O) groups is 2. The van der Waals surface area contributed by atoms with Crippen molar-refractivity contribution in [3.63, 3.8) is 0 Å². The van der Waals surface area contributed by atoms with Crippen LogP contribution in [0, 0.1) is 12.3 Å². The smallest absolute Gasteiger partial charge is 0.323 e. The van der Waals surface area contributed by atoms with E-state index in [9.17, 15) is 9.59 Å². The molecule has 1 N–H and O–H groups in total. The molecule has 0 fully saturated rings. The molecule has 1 amide bonds. The molecule has 0 aliphatic rings. The average molecular weight is 243 g/mol. The highest BCUT2D eigenvalue weighted by Gasteiger charge is 2.19. The Balaban J connectivity index is 4.29. The van der Waals surface area contributed by atoms with Crippen LogP contribution in [0.1, 0.15) is 20.8 Å². The van der Waals surface area contributed by atoms with Gasteiger partial charge in [0, 0.05) is 4.75 Å². The van der Waals surface area contributed by atoms with Crippen molar-refractivity contribution in [2.45, 2.75) is 25.5 Å². The van der Waals surface area contributed by atoms with Crippen molar-refractivity contribution >= 4 is 23.6 Å². The zero-order valence-electron chi connectivity index (χ0n) is 9.82. The molecular formula is C11H17NO3S. The van der Waals surface area contributed by atoms with Gasteiger partial charge in [-0.1, -0.05) is 26.7 Å². The number of amides is 1. The number of hydrogen-bond acceptors (Lipinski definition) is 3. The summed E-state index contributed by atoms with van der Waals surface area (Å²) >= 11 is 1.47. The van der Waals surface area contributed by atoms with E-state index in [1.165, 1.54) is 16.7 Å². The highest BCUT2D eigenvalue weighted by Crippen LogP contribution is 2.23. The average Bonchev–Trinajstić information content (AvgIpc) is 2.11. The van der Waals surface area contributed by atoms with Gasteiger partial charge in [0.25, 0.3) is 0 Å². The lowest BCUT2D eigenvalue weighted by Crippen LogP contribution is -2.37. The molecule has 16 heavy (non-hydrogen) atoms. The molecule has 0 unspecified atom stereocenters. The molecule has 0 radical (unpaired) electrons. The first kappa shape index (κ1) is 14.8. The number of carbonyl (C=O) groups excluding carboxylic acids is 1. The van der Waals surface area contributed by atoms with Gasteiger partial charge < -0.3 is 10.0 Å². The molecule has 0 bridgehead atoms. The molecule has 0 aromatic heterocycles. The molecule has 4 nitrogen and oxygen atoms in total. The highest BCUT2D eigenvalue weighted by molar-refractivity contribution is 8.01. The van der Waals surface area contributed by atoms with E-state index in [0.29, 0.717) is 0 Å². The van der Waals surface area contributed by atoms with Crippen LogP contribution in [0.3, 0.4) is 0 Å². The maximum atomic E-state index is 11.7. The second-order valence-electron chi connectivity index (χ2n) is 4.25. The molecule has 0 heterocycles. The molecule has 0 atom stereocenters. The number of nitrogens with zero attached hydrogens (tertiary/aromatic N) is 1. The molecule has 0 aliphatic heterocycles. The number of thioether (sulfide) groups is 1. The summed E-state index contributed by atoms with van der Waals surface area (Å²) in [7, 11) is 0. The van der Waals surface area contributed by atoms with Crippen LogP contribution in [0.4, 0.5) is 0 Å². The van der Waals surface area contributed by atoms with Gasteiger partial charge in [0.05, 0.1) is 12.3 Å². The quantitative estimate of drug-likeness (QED) is 0.734. The summed E-state index contributed by atoms with van der Waals surface area (Å²) in [5.74, 6) is 1.24. The van der Waals surface area contributed by atoms with Gasteiger partial charge in [0.2, 0.25) is 5.91 Å². The van der Waals surface area contributed by atoms with Gasteiger partial charge in [-0.2, -0.15) is 0 Å². The van der Waals surface area contributed by atoms with E-state index >= 15 is 0 Å². The van der Waals surface area contributed by atoms with Gasteiger partial charge in [-0.25, -0.2) is 0 Å². The Hall–Kier alpha value is -1.15. The number of aliphatic carboxylic acids is 1. The molecule has 0 saturated heterocycles. The minimum atomic E-state index is -1.05. The largest absolute Gasteiger partial charge is 0.480 e. The number of carboxylic acid groups (broad SMARTS) is 1. The summed E-state index contributed by atoms with van der Waals surface area (Å²) in [5, 5.41) is 8.62. The minimum Gasteiger partial charge on any atom is -0.480 e. The first-order chi connectivity index (χ1) is 7.26. The summed E-state index contributed by atoms with van der Waals surface area (Å²) < 4.78 is -0.0271. The van der Waals surface area contributed by atoms with E-state index < -0.39 is 5.97 Å². The number of hydrogen-bond donors (Lipinski definition) is 1. The third-order valence-corrected chi connectivity index (χ3v) is 2.85. The molecule has 0 spiro atoms. The topological polar surface area (TPSA) is 57.6 Å². The van der Waals surface area contributed by atoms with E-state index in [-0.39, 0.29) is 29.5 Å². The maximum Gasteiger partial charge on any atom is 0.323 e. The van der Waals surface area contributed by atoms with Gasteiger partial charge in [-0.3, -0.25) is 9.59 Å². The summed E-state index contributed by atoms with van der Waals surface area (Å²) in [6.45, 7) is 5.68. The van der Waals surface area contributed by atoms with Crippen LogP contribution in [-0.4, -0.2) is 45.5 Å². The fourth-order valence-corrected chi connectivity index (χ4v) is 1.61. The van der Waals surface area contributed by atoms with Crippen LogP contribution in [0.2, 0.25) is 0 Å². The molecule has 0 aliphatic carbocycles. The normalized spacial score (nSPS) is 10.6. The predicted molar refractivity (Wildman–Crippen MR) is 65.3 cm³/mol. The number of terminal acetylenes is 1. The lowest BCUT2D eigenvalue weighted by molar-refractivity contribution is -0.143.